The van der Waals surface area contributed by atoms with Crippen LogP contribution < -0.4 is 10.6 Å². The van der Waals surface area contributed by atoms with Gasteiger partial charge in [0.25, 0.3) is 5.91 Å². The molecule has 36 heavy (non-hydrogen) atoms. The second-order valence-corrected chi connectivity index (χ2v) is 8.86. The summed E-state index contributed by atoms with van der Waals surface area (Å²) < 4.78 is 1.86. The normalized spacial score (nSPS) is 11.1. The van der Waals surface area contributed by atoms with Gasteiger partial charge in [-0.15, -0.1) is 0 Å². The van der Waals surface area contributed by atoms with Crippen molar-refractivity contribution < 1.29 is 9.59 Å². The summed E-state index contributed by atoms with van der Waals surface area (Å²) >= 11 is 0. The largest absolute Gasteiger partial charge is 0.326 e. The van der Waals surface area contributed by atoms with E-state index in [1.54, 1.807) is 12.1 Å². The van der Waals surface area contributed by atoms with E-state index in [0.717, 1.165) is 44.8 Å². The van der Waals surface area contributed by atoms with Crippen LogP contribution in [0.1, 0.15) is 39.3 Å². The van der Waals surface area contributed by atoms with Crippen LogP contribution in [0, 0.1) is 20.8 Å². The number of rotatable bonds is 6. The second kappa shape index (κ2) is 9.62. The molecular weight excluding hydrogens is 450 g/mol. The van der Waals surface area contributed by atoms with Gasteiger partial charge in [-0.25, -0.2) is 9.50 Å². The predicted octanol–water partition coefficient (Wildman–Crippen LogP) is 5.63. The maximum Gasteiger partial charge on any atom is 0.256 e. The zero-order chi connectivity index (χ0) is 25.2. The molecule has 5 aromatic rings. The van der Waals surface area contributed by atoms with Crippen LogP contribution in [0.2, 0.25) is 0 Å². The van der Waals surface area contributed by atoms with Gasteiger partial charge in [-0.2, -0.15) is 5.10 Å². The van der Waals surface area contributed by atoms with Crippen molar-refractivity contribution in [1.29, 1.82) is 0 Å². The molecule has 0 bridgehead atoms. The van der Waals surface area contributed by atoms with Gasteiger partial charge in [0.05, 0.1) is 5.52 Å². The van der Waals surface area contributed by atoms with E-state index in [4.69, 9.17) is 10.1 Å². The van der Waals surface area contributed by atoms with Gasteiger partial charge in [0.1, 0.15) is 0 Å². The highest BCUT2D eigenvalue weighted by Crippen LogP contribution is 2.24. The van der Waals surface area contributed by atoms with Gasteiger partial charge in [0.2, 0.25) is 5.91 Å². The Morgan fingerprint density at radius 3 is 2.42 bits per heavy atom. The minimum absolute atomic E-state index is 0.122. The number of amides is 2. The summed E-state index contributed by atoms with van der Waals surface area (Å²) in [5.41, 5.74) is 7.20. The Morgan fingerprint density at radius 2 is 1.61 bits per heavy atom. The van der Waals surface area contributed by atoms with Crippen LogP contribution in [-0.4, -0.2) is 26.4 Å². The molecule has 2 heterocycles. The molecule has 0 spiro atoms. The lowest BCUT2D eigenvalue weighted by atomic mass is 10.0. The van der Waals surface area contributed by atoms with Crippen LogP contribution in [0.4, 0.5) is 11.4 Å². The van der Waals surface area contributed by atoms with Gasteiger partial charge in [0, 0.05) is 40.1 Å². The highest BCUT2D eigenvalue weighted by molar-refractivity contribution is 6.06. The summed E-state index contributed by atoms with van der Waals surface area (Å²) in [4.78, 5) is 30.5. The molecule has 0 atom stereocenters. The van der Waals surface area contributed by atoms with E-state index >= 15 is 0 Å². The van der Waals surface area contributed by atoms with Crippen molar-refractivity contribution in [2.75, 3.05) is 10.6 Å². The molecular formula is C29H27N5O2. The summed E-state index contributed by atoms with van der Waals surface area (Å²) in [7, 11) is 0. The van der Waals surface area contributed by atoms with E-state index in [-0.39, 0.29) is 18.2 Å². The first-order chi connectivity index (χ1) is 17.4. The molecule has 2 aromatic heterocycles. The van der Waals surface area contributed by atoms with E-state index in [1.807, 2.05) is 86.0 Å². The SMILES string of the molecule is Cc1nc2c3ccccc3nn2c(C)c1CCC(=O)Nc1cccc(C(=O)Nc2ccccc2)c1C. The number of hydrogen-bond donors (Lipinski definition) is 2. The molecule has 5 rings (SSSR count). The lowest BCUT2D eigenvalue weighted by molar-refractivity contribution is -0.116. The molecule has 0 saturated heterocycles. The van der Waals surface area contributed by atoms with Gasteiger partial charge in [0.15, 0.2) is 5.65 Å². The minimum Gasteiger partial charge on any atom is -0.326 e. The van der Waals surface area contributed by atoms with Gasteiger partial charge in [-0.05, 0) is 74.7 Å². The molecule has 0 aliphatic carbocycles. The summed E-state index contributed by atoms with van der Waals surface area (Å²) in [6, 6.07) is 22.6. The third-order valence-electron chi connectivity index (χ3n) is 6.50. The molecule has 3 aromatic carbocycles. The first kappa shape index (κ1) is 23.2. The molecule has 0 fully saturated rings. The molecule has 2 N–H and O–H groups in total. The molecule has 0 unspecified atom stereocenters. The van der Waals surface area contributed by atoms with Crippen molar-refractivity contribution in [3.8, 4) is 0 Å². The molecule has 180 valence electrons. The number of nitrogens with one attached hydrogen (secondary N) is 2. The Kier molecular flexibility index (Phi) is 6.21. The number of carbonyl (C=O) groups is 2. The van der Waals surface area contributed by atoms with Crippen LogP contribution in [0.5, 0.6) is 0 Å². The highest BCUT2D eigenvalue weighted by atomic mass is 16.2. The monoisotopic (exact) mass is 477 g/mol. The van der Waals surface area contributed by atoms with Crippen LogP contribution in [0.15, 0.2) is 72.8 Å². The van der Waals surface area contributed by atoms with Crippen LogP contribution in [-0.2, 0) is 11.2 Å². The van der Waals surface area contributed by atoms with Crippen LogP contribution in [0.3, 0.4) is 0 Å². The lowest BCUT2D eigenvalue weighted by Crippen LogP contribution is -2.17. The highest BCUT2D eigenvalue weighted by Gasteiger charge is 2.17. The number of aromatic nitrogens is 3. The minimum atomic E-state index is -0.216. The van der Waals surface area contributed by atoms with E-state index in [1.165, 1.54) is 0 Å². The van der Waals surface area contributed by atoms with Crippen molar-refractivity contribution >= 4 is 39.7 Å². The number of anilines is 2. The predicted molar refractivity (Wildman–Crippen MR) is 142 cm³/mol. The number of hydrogen-bond acceptors (Lipinski definition) is 4. The molecule has 0 saturated carbocycles. The maximum absolute atomic E-state index is 12.9. The van der Waals surface area contributed by atoms with Crippen molar-refractivity contribution in [2.24, 2.45) is 0 Å². The van der Waals surface area contributed by atoms with Gasteiger partial charge in [-0.3, -0.25) is 9.59 Å². The number of nitrogens with zero attached hydrogens (tertiary/aromatic N) is 3. The number of para-hydroxylation sites is 1. The average Bonchev–Trinajstić information content (AvgIpc) is 3.24. The zero-order valence-corrected chi connectivity index (χ0v) is 20.5. The number of fused-ring (bicyclic) bond motifs is 3. The Bertz CT molecular complexity index is 1610. The molecule has 0 radical (unpaired) electrons. The van der Waals surface area contributed by atoms with Gasteiger partial charge in [-0.1, -0.05) is 36.4 Å². The average molecular weight is 478 g/mol. The van der Waals surface area contributed by atoms with Crippen molar-refractivity contribution in [3.05, 3.63) is 101 Å². The third-order valence-corrected chi connectivity index (χ3v) is 6.50. The second-order valence-electron chi connectivity index (χ2n) is 8.86. The molecule has 0 aliphatic rings. The summed E-state index contributed by atoms with van der Waals surface area (Å²) in [5.74, 6) is -0.338. The van der Waals surface area contributed by atoms with E-state index in [0.29, 0.717) is 17.7 Å². The summed E-state index contributed by atoms with van der Waals surface area (Å²) in [5, 5.41) is 11.6. The maximum atomic E-state index is 12.9. The summed E-state index contributed by atoms with van der Waals surface area (Å²) in [6.45, 7) is 5.82. The van der Waals surface area contributed by atoms with E-state index in [9.17, 15) is 9.59 Å². The van der Waals surface area contributed by atoms with Gasteiger partial charge < -0.3 is 10.6 Å². The molecule has 7 heteroatoms. The fourth-order valence-electron chi connectivity index (χ4n) is 4.53. The van der Waals surface area contributed by atoms with Crippen LogP contribution >= 0.6 is 0 Å². The fraction of sp³-hybridized carbons (Fsp3) is 0.172. The zero-order valence-electron chi connectivity index (χ0n) is 20.5. The van der Waals surface area contributed by atoms with Crippen molar-refractivity contribution in [2.45, 2.75) is 33.6 Å². The fourth-order valence-corrected chi connectivity index (χ4v) is 4.53. The smallest absolute Gasteiger partial charge is 0.256 e. The Labute approximate surface area is 209 Å². The van der Waals surface area contributed by atoms with Crippen molar-refractivity contribution in [1.82, 2.24) is 14.6 Å². The topological polar surface area (TPSA) is 88.4 Å². The lowest BCUT2D eigenvalue weighted by Gasteiger charge is -2.14. The van der Waals surface area contributed by atoms with E-state index in [2.05, 4.69) is 10.6 Å². The Morgan fingerprint density at radius 1 is 0.861 bits per heavy atom. The Hall–Kier alpha value is -4.52. The first-order valence-corrected chi connectivity index (χ1v) is 11.9. The van der Waals surface area contributed by atoms with Crippen molar-refractivity contribution in [3.63, 3.8) is 0 Å². The number of benzene rings is 3. The number of carbonyl (C=O) groups excluding carboxylic acids is 2. The molecule has 2 amide bonds. The quantitative estimate of drug-likeness (QED) is 0.332. The summed E-state index contributed by atoms with van der Waals surface area (Å²) in [6.07, 6.45) is 0.825. The standard InChI is InChI=1S/C29H27N5O2/c1-18-22(29(36)31-21-10-5-4-6-11-21)13-9-15-25(18)32-27(35)17-16-23-19(2)30-28-24-12-7-8-14-26(24)33-34(28)20(23)3/h4-15H,16-17H2,1-3H3,(H,31,36)(H,32,35). The first-order valence-electron chi connectivity index (χ1n) is 11.9. The van der Waals surface area contributed by atoms with Gasteiger partial charge >= 0.3 is 0 Å². The molecule has 7 nitrogen and oxygen atoms in total. The van der Waals surface area contributed by atoms with E-state index < -0.39 is 0 Å². The Balaban J connectivity index is 1.31. The number of aryl methyl sites for hydroxylation is 2. The molecule has 0 aliphatic heterocycles. The third kappa shape index (κ3) is 4.43. The van der Waals surface area contributed by atoms with Crippen LogP contribution in [0.25, 0.3) is 16.6 Å².